The monoisotopic (exact) mass is 779 g/mol. The minimum Gasteiger partial charge on any atom is -0.293 e. The number of benzene rings is 4. The second-order valence-electron chi connectivity index (χ2n) is 9.73. The Labute approximate surface area is 260 Å². The van der Waals surface area contributed by atoms with Crippen LogP contribution in [0.5, 0.6) is 0 Å². The number of carbonyl (C=O) groups excluding carboxylic acids is 4. The Kier molecular flexibility index (Phi) is 6.09. The summed E-state index contributed by atoms with van der Waals surface area (Å²) in [5.41, 5.74) is 2.46. The molecule has 0 N–H and O–H groups in total. The Hall–Kier alpha value is -2.85. The van der Waals surface area contributed by atoms with Gasteiger partial charge in [0.1, 0.15) is 11.8 Å². The van der Waals surface area contributed by atoms with Crippen molar-refractivity contribution in [3.63, 3.8) is 0 Å². The van der Waals surface area contributed by atoms with Gasteiger partial charge in [0.15, 0.2) is 23.1 Å². The van der Waals surface area contributed by atoms with Gasteiger partial charge in [0.05, 0.1) is 11.2 Å². The van der Waals surface area contributed by atoms with Crippen LogP contribution in [0.3, 0.4) is 0 Å². The quantitative estimate of drug-likeness (QED) is 0.102. The Balaban J connectivity index is 1.37. The predicted octanol–water partition coefficient (Wildman–Crippen LogP) is 8.76. The van der Waals surface area contributed by atoms with Crippen molar-refractivity contribution in [2.24, 2.45) is 0 Å². The number of Topliss-reactive ketones (excluding diaryl/α,β-unsaturated/α-hetero) is 4. The molecule has 9 heteroatoms. The SMILES string of the molecule is O=C1c2cc3ccccc3cc2C(=O)C1c1ccc2cccc(C3C(=O)c4c(Br)c(Br)c(Br)c(Br)c4C3=O)c2n1. The minimum absolute atomic E-state index is 0.286. The third kappa shape index (κ3) is 3.57. The zero-order chi connectivity index (χ0) is 28.0. The maximum atomic E-state index is 13.8. The fourth-order valence-corrected chi connectivity index (χ4v) is 8.22. The van der Waals surface area contributed by atoms with Crippen molar-refractivity contribution in [3.05, 3.63) is 118 Å². The molecule has 1 aromatic heterocycles. The molecule has 0 fully saturated rings. The fourth-order valence-electron chi connectivity index (χ4n) is 5.71. The van der Waals surface area contributed by atoms with Crippen LogP contribution in [-0.4, -0.2) is 28.1 Å². The molecular formula is C31H13Br4NO4. The van der Waals surface area contributed by atoms with Crippen molar-refractivity contribution in [2.75, 3.05) is 0 Å². The van der Waals surface area contributed by atoms with Crippen molar-refractivity contribution in [1.29, 1.82) is 0 Å². The van der Waals surface area contributed by atoms with E-state index < -0.39 is 11.8 Å². The first-order valence-electron chi connectivity index (χ1n) is 12.1. The highest BCUT2D eigenvalue weighted by Gasteiger charge is 2.45. The molecule has 4 aromatic carbocycles. The van der Waals surface area contributed by atoms with E-state index in [9.17, 15) is 19.2 Å². The number of hydrogen-bond donors (Lipinski definition) is 0. The lowest BCUT2D eigenvalue weighted by Gasteiger charge is -2.13. The normalized spacial score (nSPS) is 15.5. The molecule has 0 saturated heterocycles. The van der Waals surface area contributed by atoms with Crippen LogP contribution in [0.4, 0.5) is 0 Å². The van der Waals surface area contributed by atoms with Gasteiger partial charge in [0, 0.05) is 45.5 Å². The molecule has 40 heavy (non-hydrogen) atoms. The number of halogens is 4. The van der Waals surface area contributed by atoms with E-state index in [1.165, 1.54) is 0 Å². The van der Waals surface area contributed by atoms with Crippen LogP contribution in [0.25, 0.3) is 21.7 Å². The number of hydrogen-bond acceptors (Lipinski definition) is 5. The smallest absolute Gasteiger partial charge is 0.180 e. The van der Waals surface area contributed by atoms with E-state index in [0.717, 1.165) is 10.8 Å². The van der Waals surface area contributed by atoms with Crippen LogP contribution in [0.15, 0.2) is 84.6 Å². The summed E-state index contributed by atoms with van der Waals surface area (Å²) in [4.78, 5) is 59.3. The first kappa shape index (κ1) is 26.1. The van der Waals surface area contributed by atoms with Crippen molar-refractivity contribution in [3.8, 4) is 0 Å². The van der Waals surface area contributed by atoms with Crippen molar-refractivity contribution >= 4 is 109 Å². The minimum atomic E-state index is -1.12. The second-order valence-corrected chi connectivity index (χ2v) is 12.9. The zero-order valence-corrected chi connectivity index (χ0v) is 26.4. The standard InChI is InChI=1S/C31H13Br4NO4/c32-23-21-22(24(33)26(35)25(23)34)31(40)19(30(21)39)15-7-3-6-12-8-9-18(36-27(12)15)20-28(37)16-10-13-4-1-2-5-14(13)11-17(16)29(20)38/h1-11,19-20H. The number of nitrogens with zero attached hydrogens (tertiary/aromatic N) is 1. The number of aromatic nitrogens is 1. The maximum absolute atomic E-state index is 13.8. The van der Waals surface area contributed by atoms with Crippen molar-refractivity contribution in [1.82, 2.24) is 4.98 Å². The molecule has 2 aliphatic rings. The number of para-hydroxylation sites is 1. The van der Waals surface area contributed by atoms with Gasteiger partial charge in [-0.1, -0.05) is 48.5 Å². The van der Waals surface area contributed by atoms with E-state index in [0.29, 0.717) is 51.2 Å². The summed E-state index contributed by atoms with van der Waals surface area (Å²) < 4.78 is 2.20. The van der Waals surface area contributed by atoms with Crippen LogP contribution < -0.4 is 0 Å². The fraction of sp³-hybridized carbons (Fsp3) is 0.0645. The summed E-state index contributed by atoms with van der Waals surface area (Å²) in [5, 5.41) is 2.45. The molecule has 1 heterocycles. The molecule has 2 aliphatic carbocycles. The second kappa shape index (κ2) is 9.34. The number of pyridine rings is 1. The van der Waals surface area contributed by atoms with E-state index in [4.69, 9.17) is 4.98 Å². The van der Waals surface area contributed by atoms with Gasteiger partial charge in [-0.15, -0.1) is 0 Å². The van der Waals surface area contributed by atoms with Gasteiger partial charge in [-0.25, -0.2) is 0 Å². The lowest BCUT2D eigenvalue weighted by molar-refractivity contribution is 0.0872. The number of rotatable bonds is 2. The van der Waals surface area contributed by atoms with Gasteiger partial charge >= 0.3 is 0 Å². The van der Waals surface area contributed by atoms with Gasteiger partial charge in [-0.05, 0) is 98.3 Å². The Bertz CT molecular complexity index is 1950. The molecule has 0 amide bonds. The van der Waals surface area contributed by atoms with Gasteiger partial charge in [0.2, 0.25) is 0 Å². The number of carbonyl (C=O) groups is 4. The van der Waals surface area contributed by atoms with E-state index >= 15 is 0 Å². The van der Waals surface area contributed by atoms with Crippen LogP contribution in [0.1, 0.15) is 64.5 Å². The average molecular weight is 783 g/mol. The van der Waals surface area contributed by atoms with E-state index in [1.54, 1.807) is 36.4 Å². The molecule has 0 saturated carbocycles. The highest BCUT2D eigenvalue weighted by molar-refractivity contribution is 9.15. The molecule has 7 rings (SSSR count). The first-order valence-corrected chi connectivity index (χ1v) is 15.3. The largest absolute Gasteiger partial charge is 0.293 e. The molecule has 0 spiro atoms. The highest BCUT2D eigenvalue weighted by atomic mass is 79.9. The Morgan fingerprint density at radius 3 is 1.60 bits per heavy atom. The molecule has 0 atom stereocenters. The van der Waals surface area contributed by atoms with Crippen LogP contribution in [-0.2, 0) is 0 Å². The Morgan fingerprint density at radius 1 is 0.525 bits per heavy atom. The molecule has 5 nitrogen and oxygen atoms in total. The molecule has 0 bridgehead atoms. The molecule has 0 radical (unpaired) electrons. The molecule has 194 valence electrons. The zero-order valence-electron chi connectivity index (χ0n) is 20.1. The summed E-state index contributed by atoms with van der Waals surface area (Å²) in [6.45, 7) is 0. The van der Waals surface area contributed by atoms with Gasteiger partial charge in [-0.2, -0.15) is 0 Å². The Morgan fingerprint density at radius 2 is 1.05 bits per heavy atom. The van der Waals surface area contributed by atoms with Gasteiger partial charge in [0.25, 0.3) is 0 Å². The molecule has 0 unspecified atom stereocenters. The van der Waals surface area contributed by atoms with Crippen LogP contribution >= 0.6 is 63.7 Å². The topological polar surface area (TPSA) is 81.2 Å². The third-order valence-corrected chi connectivity index (χ3v) is 12.4. The summed E-state index contributed by atoms with van der Waals surface area (Å²) >= 11 is 13.9. The van der Waals surface area contributed by atoms with Crippen molar-refractivity contribution < 1.29 is 19.2 Å². The van der Waals surface area contributed by atoms with Gasteiger partial charge < -0.3 is 0 Å². The van der Waals surface area contributed by atoms with E-state index in [2.05, 4.69) is 63.7 Å². The summed E-state index contributed by atoms with van der Waals surface area (Å²) in [6, 6.07) is 19.9. The molecule has 0 aliphatic heterocycles. The van der Waals surface area contributed by atoms with E-state index in [1.807, 2.05) is 30.3 Å². The number of ketones is 4. The first-order chi connectivity index (χ1) is 19.2. The summed E-state index contributed by atoms with van der Waals surface area (Å²) in [5.74, 6) is -3.53. The summed E-state index contributed by atoms with van der Waals surface area (Å²) in [7, 11) is 0. The van der Waals surface area contributed by atoms with Crippen molar-refractivity contribution in [2.45, 2.75) is 11.8 Å². The molecular weight excluding hydrogens is 770 g/mol. The highest BCUT2D eigenvalue weighted by Crippen LogP contribution is 2.49. The molecule has 5 aromatic rings. The maximum Gasteiger partial charge on any atom is 0.180 e. The third-order valence-electron chi connectivity index (χ3n) is 7.61. The average Bonchev–Trinajstić information content (AvgIpc) is 3.36. The lowest BCUT2D eigenvalue weighted by atomic mass is 9.91. The van der Waals surface area contributed by atoms with E-state index in [-0.39, 0.29) is 34.3 Å². The lowest BCUT2D eigenvalue weighted by Crippen LogP contribution is -2.16. The summed E-state index contributed by atoms with van der Waals surface area (Å²) in [6.07, 6.45) is 0. The predicted molar refractivity (Wildman–Crippen MR) is 166 cm³/mol. The van der Waals surface area contributed by atoms with Crippen LogP contribution in [0, 0.1) is 0 Å². The number of fused-ring (bicyclic) bond motifs is 4. The van der Waals surface area contributed by atoms with Gasteiger partial charge in [-0.3, -0.25) is 24.2 Å². The van der Waals surface area contributed by atoms with Crippen LogP contribution in [0.2, 0.25) is 0 Å².